The summed E-state index contributed by atoms with van der Waals surface area (Å²) in [5.41, 5.74) is 0. The SMILES string of the molecule is CN1C(=O)[C@@]2(Br)[C@H]3O[C@H]([C@H]4[C@@H]3[C@@H]3C=C[C@H]4O3)[C@@]2(Br)C1=O. The number of amides is 2. The largest absolute Gasteiger partial charge is 0.370 e. The number of likely N-dealkylation sites (tertiary alicyclic amines) is 1. The van der Waals surface area contributed by atoms with E-state index in [-0.39, 0.29) is 48.1 Å². The summed E-state index contributed by atoms with van der Waals surface area (Å²) in [6, 6.07) is 0. The maximum absolute atomic E-state index is 12.6. The highest BCUT2D eigenvalue weighted by molar-refractivity contribution is 9.13. The fourth-order valence-corrected chi connectivity index (χ4v) is 6.87. The van der Waals surface area contributed by atoms with E-state index in [1.165, 1.54) is 11.9 Å². The molecule has 0 aromatic rings. The molecule has 106 valence electrons. The van der Waals surface area contributed by atoms with Gasteiger partial charge in [0.25, 0.3) is 11.8 Å². The molecule has 0 radical (unpaired) electrons. The average molecular weight is 405 g/mol. The van der Waals surface area contributed by atoms with Crippen LogP contribution >= 0.6 is 31.9 Å². The Bertz CT molecular complexity index is 561. The van der Waals surface area contributed by atoms with E-state index in [1.807, 2.05) is 12.2 Å². The molecule has 0 aromatic heterocycles. The van der Waals surface area contributed by atoms with Crippen LogP contribution in [0.15, 0.2) is 12.2 Å². The van der Waals surface area contributed by atoms with Crippen LogP contribution in [0.2, 0.25) is 0 Å². The van der Waals surface area contributed by atoms with Gasteiger partial charge in [0.2, 0.25) is 0 Å². The summed E-state index contributed by atoms with van der Waals surface area (Å²) < 4.78 is 9.97. The smallest absolute Gasteiger partial charge is 0.250 e. The van der Waals surface area contributed by atoms with Crippen molar-refractivity contribution in [3.05, 3.63) is 12.2 Å². The number of nitrogens with zero attached hydrogens (tertiary/aromatic N) is 1. The molecule has 4 saturated heterocycles. The predicted octanol–water partition coefficient (Wildman–Crippen LogP) is 0.603. The van der Waals surface area contributed by atoms with Crippen molar-refractivity contribution >= 4 is 43.7 Å². The van der Waals surface area contributed by atoms with Gasteiger partial charge in [-0.25, -0.2) is 0 Å². The highest BCUT2D eigenvalue weighted by atomic mass is 79.9. The van der Waals surface area contributed by atoms with E-state index in [9.17, 15) is 9.59 Å². The first-order valence-electron chi connectivity index (χ1n) is 6.62. The molecule has 0 spiro atoms. The molecule has 0 N–H and O–H groups in total. The lowest BCUT2D eigenvalue weighted by Crippen LogP contribution is -2.62. The van der Waals surface area contributed by atoms with Crippen LogP contribution in [0.4, 0.5) is 0 Å². The highest BCUT2D eigenvalue weighted by Gasteiger charge is 2.86. The Balaban J connectivity index is 1.73. The van der Waals surface area contributed by atoms with Crippen LogP contribution in [0.25, 0.3) is 0 Å². The van der Waals surface area contributed by atoms with Gasteiger partial charge in [-0.05, 0) is 0 Å². The number of halogens is 2. The number of carbonyl (C=O) groups is 2. The summed E-state index contributed by atoms with van der Waals surface area (Å²) in [5, 5.41) is 0. The third-order valence-electron chi connectivity index (χ3n) is 5.55. The Morgan fingerprint density at radius 1 is 1.00 bits per heavy atom. The molecule has 5 rings (SSSR count). The van der Waals surface area contributed by atoms with E-state index in [0.717, 1.165) is 0 Å². The molecule has 0 aromatic carbocycles. The first kappa shape index (κ1) is 12.3. The van der Waals surface area contributed by atoms with Crippen molar-refractivity contribution in [3.8, 4) is 0 Å². The first-order chi connectivity index (χ1) is 9.42. The molecule has 0 saturated carbocycles. The van der Waals surface area contributed by atoms with Crippen LogP contribution in [0.1, 0.15) is 0 Å². The van der Waals surface area contributed by atoms with Crippen LogP contribution in [0.5, 0.6) is 0 Å². The average Bonchev–Trinajstić information content (AvgIpc) is 3.17. The fourth-order valence-electron chi connectivity index (χ4n) is 4.72. The molecular weight excluding hydrogens is 394 g/mol. The second-order valence-electron chi connectivity index (χ2n) is 6.18. The number of alkyl halides is 2. The van der Waals surface area contributed by atoms with Crippen LogP contribution in [-0.2, 0) is 19.1 Å². The summed E-state index contributed by atoms with van der Waals surface area (Å²) >= 11 is 7.15. The lowest BCUT2D eigenvalue weighted by atomic mass is 9.65. The van der Waals surface area contributed by atoms with Gasteiger partial charge in [-0.2, -0.15) is 0 Å². The summed E-state index contributed by atoms with van der Waals surface area (Å²) in [7, 11) is 1.54. The van der Waals surface area contributed by atoms with Crippen molar-refractivity contribution < 1.29 is 19.1 Å². The molecule has 5 aliphatic rings. The van der Waals surface area contributed by atoms with E-state index in [2.05, 4.69) is 31.9 Å². The van der Waals surface area contributed by atoms with Crippen molar-refractivity contribution in [3.63, 3.8) is 0 Å². The summed E-state index contributed by atoms with van der Waals surface area (Å²) in [6.07, 6.45) is 3.43. The molecular formula is C13H11Br2NO4. The minimum atomic E-state index is -1.01. The number of imide groups is 1. The van der Waals surface area contributed by atoms with Gasteiger partial charge in [0, 0.05) is 18.9 Å². The number of carbonyl (C=O) groups excluding carboxylic acids is 2. The Hall–Kier alpha value is -0.240. The van der Waals surface area contributed by atoms with E-state index in [1.54, 1.807) is 0 Å². The molecule has 7 heteroatoms. The zero-order valence-electron chi connectivity index (χ0n) is 10.5. The van der Waals surface area contributed by atoms with Gasteiger partial charge in [0.15, 0.2) is 8.65 Å². The van der Waals surface area contributed by atoms with Crippen LogP contribution in [-0.4, -0.2) is 56.8 Å². The summed E-state index contributed by atoms with van der Waals surface area (Å²) in [4.78, 5) is 26.4. The normalized spacial score (nSPS) is 61.6. The number of fused-ring (bicyclic) bond motifs is 12. The summed E-state index contributed by atoms with van der Waals surface area (Å²) in [5.74, 6) is -0.166. The van der Waals surface area contributed by atoms with Gasteiger partial charge in [-0.3, -0.25) is 14.5 Å². The predicted molar refractivity (Wildman–Crippen MR) is 74.5 cm³/mol. The quantitative estimate of drug-likeness (QED) is 0.337. The Morgan fingerprint density at radius 3 is 1.90 bits per heavy atom. The van der Waals surface area contributed by atoms with Crippen molar-refractivity contribution in [1.29, 1.82) is 0 Å². The lowest BCUT2D eigenvalue weighted by molar-refractivity contribution is -0.140. The second-order valence-corrected chi connectivity index (χ2v) is 8.68. The highest BCUT2D eigenvalue weighted by Crippen LogP contribution is 2.69. The van der Waals surface area contributed by atoms with E-state index < -0.39 is 8.65 Å². The lowest BCUT2D eigenvalue weighted by Gasteiger charge is -2.40. The van der Waals surface area contributed by atoms with E-state index >= 15 is 0 Å². The standard InChI is InChI=1S/C13H11Br2NO4/c1-16-10(17)12(14)8-6-4-2-3-5(19-4)7(6)9(20-8)13(12,15)11(16)18/h2-9H,1H3/t4-,5+,6-,7+,8-,9+,12-,13+. The van der Waals surface area contributed by atoms with Crippen molar-refractivity contribution in [2.24, 2.45) is 11.8 Å². The molecule has 8 atom stereocenters. The van der Waals surface area contributed by atoms with Crippen molar-refractivity contribution in [2.45, 2.75) is 33.1 Å². The van der Waals surface area contributed by atoms with Crippen LogP contribution in [0, 0.1) is 11.8 Å². The number of hydrogen-bond donors (Lipinski definition) is 0. The molecule has 4 fully saturated rings. The summed E-state index contributed by atoms with van der Waals surface area (Å²) in [6.45, 7) is 0. The molecule has 5 aliphatic heterocycles. The zero-order chi connectivity index (χ0) is 14.0. The molecule has 0 aliphatic carbocycles. The van der Waals surface area contributed by atoms with E-state index in [4.69, 9.17) is 9.47 Å². The van der Waals surface area contributed by atoms with E-state index in [0.29, 0.717) is 0 Å². The van der Waals surface area contributed by atoms with Gasteiger partial charge < -0.3 is 9.47 Å². The van der Waals surface area contributed by atoms with Crippen LogP contribution in [0.3, 0.4) is 0 Å². The molecule has 5 heterocycles. The molecule has 5 nitrogen and oxygen atoms in total. The first-order valence-corrected chi connectivity index (χ1v) is 8.20. The molecule has 4 bridgehead atoms. The third-order valence-corrected chi connectivity index (χ3v) is 8.91. The van der Waals surface area contributed by atoms with Crippen LogP contribution < -0.4 is 0 Å². The maximum Gasteiger partial charge on any atom is 0.250 e. The zero-order valence-corrected chi connectivity index (χ0v) is 13.6. The number of ether oxygens (including phenoxy) is 2. The monoisotopic (exact) mass is 403 g/mol. The van der Waals surface area contributed by atoms with Gasteiger partial charge in [-0.15, -0.1) is 0 Å². The van der Waals surface area contributed by atoms with Gasteiger partial charge >= 0.3 is 0 Å². The second kappa shape index (κ2) is 3.24. The Kier molecular flexibility index (Phi) is 1.99. The third kappa shape index (κ3) is 0.917. The molecule has 0 unspecified atom stereocenters. The minimum absolute atomic E-state index is 0.000262. The van der Waals surface area contributed by atoms with Crippen molar-refractivity contribution in [1.82, 2.24) is 4.90 Å². The Labute approximate surface area is 131 Å². The molecule has 2 amide bonds. The van der Waals surface area contributed by atoms with Gasteiger partial charge in [0.05, 0.1) is 24.4 Å². The fraction of sp³-hybridized carbons (Fsp3) is 0.692. The van der Waals surface area contributed by atoms with Gasteiger partial charge in [0.1, 0.15) is 0 Å². The topological polar surface area (TPSA) is 55.8 Å². The van der Waals surface area contributed by atoms with Crippen molar-refractivity contribution in [2.75, 3.05) is 7.05 Å². The Morgan fingerprint density at radius 2 is 1.45 bits per heavy atom. The number of rotatable bonds is 0. The maximum atomic E-state index is 12.6. The minimum Gasteiger partial charge on any atom is -0.370 e. The molecule has 20 heavy (non-hydrogen) atoms. The number of hydrogen-bond acceptors (Lipinski definition) is 4. The van der Waals surface area contributed by atoms with Gasteiger partial charge in [-0.1, -0.05) is 44.0 Å².